The Morgan fingerprint density at radius 3 is 2.09 bits per heavy atom. The number of hydrogen-bond donors (Lipinski definition) is 1. The third-order valence-corrected chi connectivity index (χ3v) is 1.80. The van der Waals surface area contributed by atoms with Gasteiger partial charge in [0.15, 0.2) is 0 Å². The van der Waals surface area contributed by atoms with E-state index in [2.05, 4.69) is 13.8 Å². The van der Waals surface area contributed by atoms with Crippen molar-refractivity contribution in [1.29, 1.82) is 0 Å². The zero-order valence-electron chi connectivity index (χ0n) is 7.27. The summed E-state index contributed by atoms with van der Waals surface area (Å²) in [6, 6.07) is 0. The first-order valence-corrected chi connectivity index (χ1v) is 3.96. The summed E-state index contributed by atoms with van der Waals surface area (Å²) in [6.07, 6.45) is 4.83. The third kappa shape index (κ3) is 10.8. The average molecular weight is 225 g/mol. The normalized spacial score (nSPS) is 11.2. The maximum atomic E-state index is 8.75. The quantitative estimate of drug-likeness (QED) is 0.648. The maximum Gasteiger partial charge on any atom is 0.0459 e. The zero-order valence-corrected chi connectivity index (χ0v) is 9.07. The van der Waals surface area contributed by atoms with Crippen LogP contribution in [0, 0.1) is 5.92 Å². The van der Waals surface area contributed by atoms with Gasteiger partial charge < -0.3 is 17.5 Å². The van der Waals surface area contributed by atoms with Gasteiger partial charge >= 0.3 is 0 Å². The molecule has 3 heteroatoms. The van der Waals surface area contributed by atoms with Gasteiger partial charge in [-0.3, -0.25) is 0 Å². The molecule has 0 saturated carbocycles. The fraction of sp³-hybridized carbons (Fsp3) is 1.00. The molecule has 0 aromatic carbocycles. The third-order valence-electron chi connectivity index (χ3n) is 1.80. The topological polar surface area (TPSA) is 20.2 Å². The van der Waals surface area contributed by atoms with Crippen LogP contribution >= 0.6 is 0 Å². The van der Waals surface area contributed by atoms with Crippen molar-refractivity contribution < 1.29 is 34.3 Å². The van der Waals surface area contributed by atoms with Crippen molar-refractivity contribution in [3.63, 3.8) is 0 Å². The molecule has 0 rings (SSSR count). The number of aliphatic hydroxyl groups is 1. The number of halogens is 1. The van der Waals surface area contributed by atoms with Gasteiger partial charge in [-0.2, -0.15) is 0 Å². The molecule has 1 radical (unpaired) electrons. The standard InChI is InChI=1S/C8H18O.ClH.Co/c1-3-5-6-8(4-2)7-9;;/h8-9H,3-7H2,1-2H3;1H;/p-1. The average Bonchev–Trinajstić information content (AvgIpc) is 1.91. The second-order valence-electron chi connectivity index (χ2n) is 2.60. The molecule has 1 nitrogen and oxygen atoms in total. The SMILES string of the molecule is CCCCC(CC)CO.[Cl-].[Co]. The predicted octanol–water partition coefficient (Wildman–Crippen LogP) is -0.803. The molecule has 0 bridgehead atoms. The van der Waals surface area contributed by atoms with Crippen molar-refractivity contribution in [3.05, 3.63) is 0 Å². The van der Waals surface area contributed by atoms with Gasteiger partial charge in [-0.25, -0.2) is 0 Å². The van der Waals surface area contributed by atoms with Crippen LogP contribution in [0.5, 0.6) is 0 Å². The van der Waals surface area contributed by atoms with E-state index in [0.717, 1.165) is 6.42 Å². The molecule has 0 heterocycles. The zero-order chi connectivity index (χ0) is 7.11. The molecule has 0 aliphatic rings. The van der Waals surface area contributed by atoms with E-state index in [1.165, 1.54) is 19.3 Å². The van der Waals surface area contributed by atoms with Gasteiger partial charge in [0.05, 0.1) is 0 Å². The van der Waals surface area contributed by atoms with E-state index in [1.54, 1.807) is 0 Å². The Kier molecular flexibility index (Phi) is 21.5. The van der Waals surface area contributed by atoms with Crippen molar-refractivity contribution in [1.82, 2.24) is 0 Å². The molecule has 11 heavy (non-hydrogen) atoms. The minimum Gasteiger partial charge on any atom is -1.00 e. The molecule has 0 aliphatic heterocycles. The van der Waals surface area contributed by atoms with Crippen LogP contribution in [0.4, 0.5) is 0 Å². The molecule has 0 fully saturated rings. The van der Waals surface area contributed by atoms with E-state index >= 15 is 0 Å². The van der Waals surface area contributed by atoms with Gasteiger partial charge in [0, 0.05) is 23.4 Å². The number of aliphatic hydroxyl groups excluding tert-OH is 1. The fourth-order valence-electron chi connectivity index (χ4n) is 0.917. The number of rotatable bonds is 5. The predicted molar refractivity (Wildman–Crippen MR) is 40.4 cm³/mol. The van der Waals surface area contributed by atoms with E-state index in [-0.39, 0.29) is 29.2 Å². The molecule has 1 unspecified atom stereocenters. The number of hydrogen-bond acceptors (Lipinski definition) is 1. The van der Waals surface area contributed by atoms with Crippen LogP contribution < -0.4 is 12.4 Å². The molecule has 0 aromatic heterocycles. The van der Waals surface area contributed by atoms with E-state index in [1.807, 2.05) is 0 Å². The van der Waals surface area contributed by atoms with Crippen molar-refractivity contribution in [3.8, 4) is 0 Å². The minimum absolute atomic E-state index is 0. The first kappa shape index (κ1) is 17.7. The van der Waals surface area contributed by atoms with Crippen LogP contribution in [0.2, 0.25) is 0 Å². The summed E-state index contributed by atoms with van der Waals surface area (Å²) in [5.74, 6) is 0.560. The molecule has 1 atom stereocenters. The van der Waals surface area contributed by atoms with Crippen molar-refractivity contribution in [2.75, 3.05) is 6.61 Å². The summed E-state index contributed by atoms with van der Waals surface area (Å²) < 4.78 is 0. The van der Waals surface area contributed by atoms with Crippen LogP contribution in [-0.4, -0.2) is 11.7 Å². The Morgan fingerprint density at radius 2 is 1.82 bits per heavy atom. The van der Waals surface area contributed by atoms with Gasteiger partial charge in [-0.1, -0.05) is 33.1 Å². The van der Waals surface area contributed by atoms with Gasteiger partial charge in [0.25, 0.3) is 0 Å². The van der Waals surface area contributed by atoms with Crippen LogP contribution in [0.1, 0.15) is 39.5 Å². The molecule has 0 saturated heterocycles. The van der Waals surface area contributed by atoms with Gasteiger partial charge in [0.2, 0.25) is 0 Å². The van der Waals surface area contributed by atoms with Crippen LogP contribution in [0.15, 0.2) is 0 Å². The Balaban J connectivity index is -0.000000320. The Hall–Kier alpha value is 0.756. The molecule has 0 aromatic rings. The van der Waals surface area contributed by atoms with E-state index in [4.69, 9.17) is 5.11 Å². The maximum absolute atomic E-state index is 8.75. The molecule has 0 aliphatic carbocycles. The van der Waals surface area contributed by atoms with Crippen LogP contribution in [0.3, 0.4) is 0 Å². The second-order valence-corrected chi connectivity index (χ2v) is 2.60. The Bertz CT molecular complexity index is 58.1. The largest absolute Gasteiger partial charge is 1.00 e. The summed E-state index contributed by atoms with van der Waals surface area (Å²) in [5.41, 5.74) is 0. The summed E-state index contributed by atoms with van der Waals surface area (Å²) in [4.78, 5) is 0. The number of unbranched alkanes of at least 4 members (excludes halogenated alkanes) is 1. The summed E-state index contributed by atoms with van der Waals surface area (Å²) in [5, 5.41) is 8.75. The van der Waals surface area contributed by atoms with Crippen LogP contribution in [-0.2, 0) is 16.8 Å². The molecular weight excluding hydrogens is 206 g/mol. The van der Waals surface area contributed by atoms with E-state index in [9.17, 15) is 0 Å². The van der Waals surface area contributed by atoms with Crippen molar-refractivity contribution in [2.24, 2.45) is 5.92 Å². The molecule has 73 valence electrons. The van der Waals surface area contributed by atoms with E-state index < -0.39 is 0 Å². The second kappa shape index (κ2) is 13.4. The fourth-order valence-corrected chi connectivity index (χ4v) is 0.917. The smallest absolute Gasteiger partial charge is 0.0459 e. The van der Waals surface area contributed by atoms with Crippen molar-refractivity contribution >= 4 is 0 Å². The molecular formula is C8H18ClCoO-. The van der Waals surface area contributed by atoms with Gasteiger partial charge in [0.1, 0.15) is 0 Å². The summed E-state index contributed by atoms with van der Waals surface area (Å²) in [7, 11) is 0. The minimum atomic E-state index is 0. The Morgan fingerprint density at radius 1 is 1.27 bits per heavy atom. The molecule has 1 N–H and O–H groups in total. The monoisotopic (exact) mass is 224 g/mol. The van der Waals surface area contributed by atoms with Crippen molar-refractivity contribution in [2.45, 2.75) is 39.5 Å². The van der Waals surface area contributed by atoms with E-state index in [0.29, 0.717) is 12.5 Å². The molecule has 0 amide bonds. The summed E-state index contributed by atoms with van der Waals surface area (Å²) in [6.45, 7) is 4.69. The first-order chi connectivity index (χ1) is 4.35. The molecule has 0 spiro atoms. The summed E-state index contributed by atoms with van der Waals surface area (Å²) >= 11 is 0. The first-order valence-electron chi connectivity index (χ1n) is 3.96. The van der Waals surface area contributed by atoms with Gasteiger partial charge in [-0.05, 0) is 12.3 Å². The van der Waals surface area contributed by atoms with Crippen LogP contribution in [0.25, 0.3) is 0 Å². The Labute approximate surface area is 86.6 Å². The van der Waals surface area contributed by atoms with Gasteiger partial charge in [-0.15, -0.1) is 0 Å².